The van der Waals surface area contributed by atoms with Crippen LogP contribution in [0, 0.1) is 0 Å². The van der Waals surface area contributed by atoms with Gasteiger partial charge in [-0.2, -0.15) is 0 Å². The Morgan fingerprint density at radius 2 is 1.78 bits per heavy atom. The highest BCUT2D eigenvalue weighted by atomic mass is 16.5. The SMILES string of the molecule is O[C@@H]1CN(Cc2cccc3c2oc2ccccc23)CC[C@H]1N1CCOCC1. The van der Waals surface area contributed by atoms with Crippen molar-refractivity contribution in [1.82, 2.24) is 9.80 Å². The minimum absolute atomic E-state index is 0.257. The first-order valence-corrected chi connectivity index (χ1v) is 9.91. The third-order valence-electron chi connectivity index (χ3n) is 6.02. The molecule has 2 aromatic carbocycles. The minimum atomic E-state index is -0.313. The number of hydrogen-bond acceptors (Lipinski definition) is 5. The van der Waals surface area contributed by atoms with Crippen LogP contribution in [0.5, 0.6) is 0 Å². The number of aliphatic hydroxyl groups excluding tert-OH is 1. The van der Waals surface area contributed by atoms with Crippen LogP contribution in [0.1, 0.15) is 12.0 Å². The molecule has 5 rings (SSSR count). The number of para-hydroxylation sites is 2. The lowest BCUT2D eigenvalue weighted by Gasteiger charge is -2.43. The predicted molar refractivity (Wildman–Crippen MR) is 106 cm³/mol. The molecular weight excluding hydrogens is 340 g/mol. The number of hydrogen-bond donors (Lipinski definition) is 1. The third kappa shape index (κ3) is 3.25. The fourth-order valence-electron chi connectivity index (χ4n) is 4.63. The molecule has 0 amide bonds. The lowest BCUT2D eigenvalue weighted by molar-refractivity contribution is -0.0533. The second-order valence-electron chi connectivity index (χ2n) is 7.70. The van der Waals surface area contributed by atoms with Crippen LogP contribution in [0.15, 0.2) is 46.9 Å². The van der Waals surface area contributed by atoms with Crippen molar-refractivity contribution in [3.63, 3.8) is 0 Å². The van der Waals surface area contributed by atoms with E-state index >= 15 is 0 Å². The van der Waals surface area contributed by atoms with Crippen LogP contribution in [0.3, 0.4) is 0 Å². The number of morpholine rings is 1. The molecule has 2 saturated heterocycles. The van der Waals surface area contributed by atoms with Gasteiger partial charge in [-0.15, -0.1) is 0 Å². The summed E-state index contributed by atoms with van der Waals surface area (Å²) < 4.78 is 11.6. The molecule has 2 atom stereocenters. The Hall–Kier alpha value is -1.92. The van der Waals surface area contributed by atoms with Gasteiger partial charge in [-0.25, -0.2) is 0 Å². The number of aliphatic hydroxyl groups is 1. The molecule has 2 aliphatic heterocycles. The van der Waals surface area contributed by atoms with E-state index in [1.54, 1.807) is 0 Å². The van der Waals surface area contributed by atoms with Crippen molar-refractivity contribution in [2.24, 2.45) is 0 Å². The summed E-state index contributed by atoms with van der Waals surface area (Å²) in [6.45, 7) is 5.93. The average Bonchev–Trinajstić information content (AvgIpc) is 3.09. The molecule has 0 saturated carbocycles. The Balaban J connectivity index is 1.34. The van der Waals surface area contributed by atoms with E-state index in [-0.39, 0.29) is 12.1 Å². The van der Waals surface area contributed by atoms with E-state index in [1.165, 1.54) is 16.3 Å². The summed E-state index contributed by atoms with van der Waals surface area (Å²) in [6, 6.07) is 14.8. The van der Waals surface area contributed by atoms with E-state index in [0.29, 0.717) is 6.54 Å². The van der Waals surface area contributed by atoms with Crippen molar-refractivity contribution < 1.29 is 14.3 Å². The molecule has 0 unspecified atom stereocenters. The number of rotatable bonds is 3. The van der Waals surface area contributed by atoms with Crippen LogP contribution in [0.4, 0.5) is 0 Å². The van der Waals surface area contributed by atoms with E-state index in [2.05, 4.69) is 40.1 Å². The highest BCUT2D eigenvalue weighted by Gasteiger charge is 2.33. The standard InChI is InChI=1S/C22H26N2O3/c25-20-15-23(9-8-19(20)24-10-12-26-13-11-24)14-16-4-3-6-18-17-5-1-2-7-21(17)27-22(16)18/h1-7,19-20,25H,8-15H2/t19-,20-/m1/s1. The van der Waals surface area contributed by atoms with E-state index in [4.69, 9.17) is 9.15 Å². The summed E-state index contributed by atoms with van der Waals surface area (Å²) in [5.41, 5.74) is 3.11. The molecule has 3 heterocycles. The Morgan fingerprint density at radius 1 is 0.963 bits per heavy atom. The number of β-amino-alcohol motifs (C(OH)–C–C–N with tert-alkyl or cyclic N) is 1. The number of furan rings is 1. The molecule has 2 aliphatic rings. The molecule has 3 aromatic rings. The quantitative estimate of drug-likeness (QED) is 0.772. The molecule has 0 bridgehead atoms. The fraction of sp³-hybridized carbons (Fsp3) is 0.455. The van der Waals surface area contributed by atoms with Gasteiger partial charge in [0, 0.05) is 55.1 Å². The molecule has 1 N–H and O–H groups in total. The van der Waals surface area contributed by atoms with Gasteiger partial charge in [0.25, 0.3) is 0 Å². The number of likely N-dealkylation sites (tertiary alicyclic amines) is 1. The maximum atomic E-state index is 10.7. The molecule has 0 spiro atoms. The summed E-state index contributed by atoms with van der Waals surface area (Å²) in [5.74, 6) is 0. The van der Waals surface area contributed by atoms with Crippen LogP contribution in [0.25, 0.3) is 21.9 Å². The molecule has 142 valence electrons. The van der Waals surface area contributed by atoms with Gasteiger partial charge >= 0.3 is 0 Å². The van der Waals surface area contributed by atoms with Crippen LogP contribution < -0.4 is 0 Å². The number of piperidine rings is 1. The Morgan fingerprint density at radius 3 is 2.63 bits per heavy atom. The molecule has 5 nitrogen and oxygen atoms in total. The van der Waals surface area contributed by atoms with Gasteiger partial charge in [-0.05, 0) is 12.5 Å². The van der Waals surface area contributed by atoms with Crippen molar-refractivity contribution in [2.75, 3.05) is 39.4 Å². The summed E-state index contributed by atoms with van der Waals surface area (Å²) in [5, 5.41) is 13.1. The predicted octanol–water partition coefficient (Wildman–Crippen LogP) is 2.85. The van der Waals surface area contributed by atoms with Crippen LogP contribution >= 0.6 is 0 Å². The lowest BCUT2D eigenvalue weighted by atomic mass is 9.98. The van der Waals surface area contributed by atoms with Crippen molar-refractivity contribution in [3.8, 4) is 0 Å². The molecular formula is C22H26N2O3. The summed E-state index contributed by atoms with van der Waals surface area (Å²) in [7, 11) is 0. The van der Waals surface area contributed by atoms with Crippen molar-refractivity contribution in [3.05, 3.63) is 48.0 Å². The maximum absolute atomic E-state index is 10.7. The minimum Gasteiger partial charge on any atom is -0.456 e. The van der Waals surface area contributed by atoms with Gasteiger partial charge in [0.05, 0.1) is 19.3 Å². The zero-order valence-electron chi connectivity index (χ0n) is 15.5. The molecule has 27 heavy (non-hydrogen) atoms. The maximum Gasteiger partial charge on any atom is 0.139 e. The monoisotopic (exact) mass is 366 g/mol. The smallest absolute Gasteiger partial charge is 0.139 e. The van der Waals surface area contributed by atoms with Gasteiger partial charge < -0.3 is 14.3 Å². The first-order valence-electron chi connectivity index (χ1n) is 9.91. The molecule has 0 aliphatic carbocycles. The lowest BCUT2D eigenvalue weighted by Crippen LogP contribution is -2.56. The van der Waals surface area contributed by atoms with Crippen molar-refractivity contribution >= 4 is 21.9 Å². The first kappa shape index (κ1) is 17.2. The fourth-order valence-corrected chi connectivity index (χ4v) is 4.63. The van der Waals surface area contributed by atoms with Crippen molar-refractivity contribution in [2.45, 2.75) is 25.1 Å². The highest BCUT2D eigenvalue weighted by Crippen LogP contribution is 2.31. The summed E-state index contributed by atoms with van der Waals surface area (Å²) in [6.07, 6.45) is 0.684. The summed E-state index contributed by atoms with van der Waals surface area (Å²) >= 11 is 0. The topological polar surface area (TPSA) is 49.1 Å². The zero-order chi connectivity index (χ0) is 18.2. The van der Waals surface area contributed by atoms with Gasteiger partial charge in [0.15, 0.2) is 0 Å². The molecule has 1 aromatic heterocycles. The van der Waals surface area contributed by atoms with Crippen LogP contribution in [-0.4, -0.2) is 66.4 Å². The first-order chi connectivity index (χ1) is 13.3. The van der Waals surface area contributed by atoms with Crippen molar-refractivity contribution in [1.29, 1.82) is 0 Å². The zero-order valence-corrected chi connectivity index (χ0v) is 15.5. The average molecular weight is 366 g/mol. The van der Waals surface area contributed by atoms with Crippen LogP contribution in [0.2, 0.25) is 0 Å². The molecule has 5 heteroatoms. The second kappa shape index (κ2) is 7.24. The number of fused-ring (bicyclic) bond motifs is 3. The Kier molecular flexibility index (Phi) is 4.61. The number of nitrogens with zero attached hydrogens (tertiary/aromatic N) is 2. The van der Waals surface area contributed by atoms with Gasteiger partial charge in [0.2, 0.25) is 0 Å². The van der Waals surface area contributed by atoms with Gasteiger partial charge in [0.1, 0.15) is 11.2 Å². The van der Waals surface area contributed by atoms with E-state index in [0.717, 1.165) is 57.0 Å². The summed E-state index contributed by atoms with van der Waals surface area (Å²) in [4.78, 5) is 4.75. The third-order valence-corrected chi connectivity index (χ3v) is 6.02. The van der Waals surface area contributed by atoms with Gasteiger partial charge in [-0.1, -0.05) is 36.4 Å². The molecule has 2 fully saturated rings. The van der Waals surface area contributed by atoms with E-state index in [9.17, 15) is 5.11 Å². The van der Waals surface area contributed by atoms with E-state index < -0.39 is 0 Å². The van der Waals surface area contributed by atoms with Gasteiger partial charge in [-0.3, -0.25) is 9.80 Å². The Bertz CT molecular complexity index is 932. The number of ether oxygens (including phenoxy) is 1. The highest BCUT2D eigenvalue weighted by molar-refractivity contribution is 6.05. The molecule has 0 radical (unpaired) electrons. The number of benzene rings is 2. The Labute approximate surface area is 159 Å². The largest absolute Gasteiger partial charge is 0.456 e. The normalized spacial score (nSPS) is 25.4. The van der Waals surface area contributed by atoms with Crippen LogP contribution in [-0.2, 0) is 11.3 Å². The second-order valence-corrected chi connectivity index (χ2v) is 7.70. The van der Waals surface area contributed by atoms with E-state index in [1.807, 2.05) is 12.1 Å².